The zero-order valence-corrected chi connectivity index (χ0v) is 18.1. The van der Waals surface area contributed by atoms with Crippen molar-refractivity contribution in [2.45, 2.75) is 27.3 Å². The van der Waals surface area contributed by atoms with E-state index in [0.717, 1.165) is 11.3 Å². The number of ether oxygens (including phenoxy) is 2. The molecule has 0 saturated heterocycles. The molecular weight excluding hydrogens is 422 g/mol. The first kappa shape index (κ1) is 22.2. The van der Waals surface area contributed by atoms with Crippen molar-refractivity contribution in [3.63, 3.8) is 0 Å². The van der Waals surface area contributed by atoms with Gasteiger partial charge in [-0.3, -0.25) is 9.59 Å². The summed E-state index contributed by atoms with van der Waals surface area (Å²) in [4.78, 5) is 49.5. The summed E-state index contributed by atoms with van der Waals surface area (Å²) in [6.45, 7) is 5.17. The lowest BCUT2D eigenvalue weighted by atomic mass is 10.1. The van der Waals surface area contributed by atoms with E-state index >= 15 is 0 Å². The molecule has 1 amide bonds. The van der Waals surface area contributed by atoms with Crippen LogP contribution in [0.5, 0.6) is 0 Å². The number of carbonyl (C=O) groups is 3. The number of fused-ring (bicyclic) bond motifs is 1. The topological polar surface area (TPSA) is 117 Å². The van der Waals surface area contributed by atoms with E-state index in [1.807, 2.05) is 0 Å². The number of benzene rings is 1. The zero-order chi connectivity index (χ0) is 22.5. The fourth-order valence-corrected chi connectivity index (χ4v) is 3.90. The molecule has 31 heavy (non-hydrogen) atoms. The van der Waals surface area contributed by atoms with E-state index in [-0.39, 0.29) is 24.4 Å². The molecular formula is C21H21N3O6S. The quantitative estimate of drug-likeness (QED) is 0.558. The minimum Gasteiger partial charge on any atom is -0.462 e. The lowest BCUT2D eigenvalue weighted by Crippen LogP contribution is -2.27. The molecule has 0 bridgehead atoms. The van der Waals surface area contributed by atoms with Gasteiger partial charge in [-0.05, 0) is 38.5 Å². The summed E-state index contributed by atoms with van der Waals surface area (Å²) in [6, 6.07) is 8.23. The van der Waals surface area contributed by atoms with E-state index in [1.165, 1.54) is 4.68 Å². The first-order chi connectivity index (χ1) is 14.8. The summed E-state index contributed by atoms with van der Waals surface area (Å²) >= 11 is 1.08. The Morgan fingerprint density at radius 3 is 2.48 bits per heavy atom. The Morgan fingerprint density at radius 1 is 1.10 bits per heavy atom. The highest BCUT2D eigenvalue weighted by Crippen LogP contribution is 2.27. The third-order valence-electron chi connectivity index (χ3n) is 4.34. The Kier molecular flexibility index (Phi) is 6.81. The number of aryl methyl sites for hydroxylation is 2. The van der Waals surface area contributed by atoms with Crippen molar-refractivity contribution in [3.8, 4) is 0 Å². The normalized spacial score (nSPS) is 10.7. The van der Waals surface area contributed by atoms with Crippen LogP contribution in [0.3, 0.4) is 0 Å². The molecule has 0 saturated carbocycles. The van der Waals surface area contributed by atoms with E-state index in [2.05, 4.69) is 10.4 Å². The third kappa shape index (κ3) is 4.80. The number of anilines is 1. The van der Waals surface area contributed by atoms with Crippen molar-refractivity contribution in [1.29, 1.82) is 0 Å². The highest BCUT2D eigenvalue weighted by Gasteiger charge is 2.20. The van der Waals surface area contributed by atoms with Gasteiger partial charge in [0.2, 0.25) is 0 Å². The minimum atomic E-state index is -0.817. The molecule has 0 aliphatic carbocycles. The van der Waals surface area contributed by atoms with Crippen LogP contribution >= 0.6 is 11.3 Å². The van der Waals surface area contributed by atoms with E-state index < -0.39 is 24.5 Å². The summed E-state index contributed by atoms with van der Waals surface area (Å²) in [5.74, 6) is -1.85. The number of carbonyl (C=O) groups excluding carboxylic acids is 3. The molecule has 9 nitrogen and oxygen atoms in total. The molecule has 0 atom stereocenters. The van der Waals surface area contributed by atoms with Crippen molar-refractivity contribution in [2.75, 3.05) is 18.5 Å². The van der Waals surface area contributed by atoms with Crippen LogP contribution in [-0.2, 0) is 20.8 Å². The fourth-order valence-electron chi connectivity index (χ4n) is 2.92. The van der Waals surface area contributed by atoms with Gasteiger partial charge in [0, 0.05) is 11.9 Å². The molecule has 2 aromatic heterocycles. The van der Waals surface area contributed by atoms with Crippen LogP contribution in [0.2, 0.25) is 0 Å². The molecule has 2 heterocycles. The maximum Gasteiger partial charge on any atom is 0.359 e. The number of thiophene rings is 1. The van der Waals surface area contributed by atoms with Crippen molar-refractivity contribution in [2.24, 2.45) is 0 Å². The number of rotatable bonds is 7. The first-order valence-electron chi connectivity index (χ1n) is 9.60. The van der Waals surface area contributed by atoms with E-state index in [0.29, 0.717) is 26.2 Å². The van der Waals surface area contributed by atoms with Gasteiger partial charge in [0.1, 0.15) is 4.88 Å². The van der Waals surface area contributed by atoms with Gasteiger partial charge < -0.3 is 14.8 Å². The average molecular weight is 443 g/mol. The van der Waals surface area contributed by atoms with Crippen LogP contribution in [0.25, 0.3) is 10.8 Å². The molecule has 1 aromatic carbocycles. The molecule has 1 N–H and O–H groups in total. The van der Waals surface area contributed by atoms with E-state index in [9.17, 15) is 19.2 Å². The van der Waals surface area contributed by atoms with Gasteiger partial charge in [-0.25, -0.2) is 14.3 Å². The number of nitrogens with one attached hydrogen (secondary N) is 1. The van der Waals surface area contributed by atoms with Crippen molar-refractivity contribution in [3.05, 3.63) is 56.8 Å². The Balaban J connectivity index is 1.71. The molecule has 0 spiro atoms. The molecule has 10 heteroatoms. The van der Waals surface area contributed by atoms with Crippen LogP contribution < -0.4 is 10.9 Å². The second-order valence-corrected chi connectivity index (χ2v) is 7.53. The maximum atomic E-state index is 12.6. The summed E-state index contributed by atoms with van der Waals surface area (Å²) in [5.41, 5.74) is 0.326. The molecule has 0 aliphatic rings. The molecule has 0 unspecified atom stereocenters. The van der Waals surface area contributed by atoms with Gasteiger partial charge in [-0.15, -0.1) is 11.3 Å². The molecule has 162 valence electrons. The van der Waals surface area contributed by atoms with Crippen LogP contribution in [0.4, 0.5) is 5.00 Å². The summed E-state index contributed by atoms with van der Waals surface area (Å²) in [5, 5.41) is 7.81. The Morgan fingerprint density at radius 2 is 1.81 bits per heavy atom. The molecule has 0 radical (unpaired) electrons. The zero-order valence-electron chi connectivity index (χ0n) is 17.3. The monoisotopic (exact) mass is 443 g/mol. The number of hydrogen-bond donors (Lipinski definition) is 1. The van der Waals surface area contributed by atoms with Crippen LogP contribution in [-0.4, -0.2) is 40.8 Å². The highest BCUT2D eigenvalue weighted by molar-refractivity contribution is 7.18. The predicted octanol–water partition coefficient (Wildman–Crippen LogP) is 2.76. The van der Waals surface area contributed by atoms with Crippen molar-refractivity contribution >= 4 is 45.0 Å². The predicted molar refractivity (Wildman–Crippen MR) is 116 cm³/mol. The molecule has 3 aromatic rings. The Hall–Kier alpha value is -3.53. The summed E-state index contributed by atoms with van der Waals surface area (Å²) < 4.78 is 11.3. The number of esters is 2. The summed E-state index contributed by atoms with van der Waals surface area (Å²) in [6.07, 6.45) is 0. The van der Waals surface area contributed by atoms with Gasteiger partial charge in [-0.1, -0.05) is 18.2 Å². The number of amides is 1. The van der Waals surface area contributed by atoms with Crippen molar-refractivity contribution in [1.82, 2.24) is 9.78 Å². The van der Waals surface area contributed by atoms with E-state index in [1.54, 1.807) is 51.1 Å². The van der Waals surface area contributed by atoms with Crippen LogP contribution in [0, 0.1) is 6.92 Å². The second kappa shape index (κ2) is 9.52. The first-order valence-corrected chi connectivity index (χ1v) is 10.4. The highest BCUT2D eigenvalue weighted by atomic mass is 32.1. The van der Waals surface area contributed by atoms with E-state index in [4.69, 9.17) is 9.47 Å². The van der Waals surface area contributed by atoms with Gasteiger partial charge in [0.25, 0.3) is 11.5 Å². The van der Waals surface area contributed by atoms with Crippen LogP contribution in [0.15, 0.2) is 35.1 Å². The minimum absolute atomic E-state index is 0.0404. The average Bonchev–Trinajstić information content (AvgIpc) is 3.12. The smallest absolute Gasteiger partial charge is 0.359 e. The van der Waals surface area contributed by atoms with Crippen molar-refractivity contribution < 1.29 is 23.9 Å². The standard InChI is InChI=1S/C21H21N3O6S/c1-4-24-19(26)14-9-7-6-8-13(14)17(23-24)20(27)30-11-15(25)22-16-10-12(3)18(31-16)21(28)29-5-2/h6-10H,4-5,11H2,1-3H3,(H,22,25). The SMILES string of the molecule is CCOC(=O)c1sc(NC(=O)COC(=O)c2nn(CC)c(=O)c3ccccc23)cc1C. The fraction of sp³-hybridized carbons (Fsp3) is 0.286. The van der Waals surface area contributed by atoms with Gasteiger partial charge >= 0.3 is 11.9 Å². The number of hydrogen-bond acceptors (Lipinski definition) is 8. The largest absolute Gasteiger partial charge is 0.462 e. The Labute approximate surface area is 181 Å². The van der Waals surface area contributed by atoms with Crippen LogP contribution in [0.1, 0.15) is 39.6 Å². The molecule has 0 fully saturated rings. The summed E-state index contributed by atoms with van der Waals surface area (Å²) in [7, 11) is 0. The maximum absolute atomic E-state index is 12.6. The second-order valence-electron chi connectivity index (χ2n) is 6.48. The Bertz CT molecular complexity index is 1210. The van der Waals surface area contributed by atoms with Gasteiger partial charge in [-0.2, -0.15) is 5.10 Å². The third-order valence-corrected chi connectivity index (χ3v) is 5.47. The lowest BCUT2D eigenvalue weighted by molar-refractivity contribution is -0.119. The van der Waals surface area contributed by atoms with Gasteiger partial charge in [0.05, 0.1) is 17.0 Å². The van der Waals surface area contributed by atoms with Gasteiger partial charge in [0.15, 0.2) is 12.3 Å². The molecule has 0 aliphatic heterocycles. The number of nitrogens with zero attached hydrogens (tertiary/aromatic N) is 2. The molecule has 3 rings (SSSR count). The lowest BCUT2D eigenvalue weighted by Gasteiger charge is -2.09. The number of aromatic nitrogens is 2.